The lowest BCUT2D eigenvalue weighted by atomic mass is 9.98. The summed E-state index contributed by atoms with van der Waals surface area (Å²) in [5, 5.41) is 11.8. The molecule has 0 saturated carbocycles. The Morgan fingerprint density at radius 1 is 1.09 bits per heavy atom. The summed E-state index contributed by atoms with van der Waals surface area (Å²) < 4.78 is 33.2. The molecule has 9 heteroatoms. The largest absolute Gasteiger partial charge is 0.480 e. The molecule has 4 rings (SSSR count). The van der Waals surface area contributed by atoms with Crippen LogP contribution in [0, 0.1) is 5.92 Å². The lowest BCUT2D eigenvalue weighted by molar-refractivity contribution is -0.149. The second-order valence-corrected chi connectivity index (χ2v) is 9.07. The molecule has 1 heterocycles. The number of carbonyl (C=O) groups excluding carboxylic acids is 2. The highest BCUT2D eigenvalue weighted by Crippen LogP contribution is 2.44. The lowest BCUT2D eigenvalue weighted by Gasteiger charge is -2.29. The van der Waals surface area contributed by atoms with Crippen LogP contribution in [0.25, 0.3) is 11.1 Å². The highest BCUT2D eigenvalue weighted by atomic mass is 19.3. The summed E-state index contributed by atoms with van der Waals surface area (Å²) in [6.45, 7) is 2.30. The first-order valence-electron chi connectivity index (χ1n) is 11.1. The topological polar surface area (TPSA) is 95.9 Å². The number of likely N-dealkylation sites (tertiary alicyclic amines) is 1. The van der Waals surface area contributed by atoms with E-state index < -0.39 is 54.9 Å². The lowest BCUT2D eigenvalue weighted by Crippen LogP contribution is -2.54. The summed E-state index contributed by atoms with van der Waals surface area (Å²) in [6.07, 6.45) is -1.82. The molecule has 2 aromatic rings. The van der Waals surface area contributed by atoms with Crippen LogP contribution >= 0.6 is 0 Å². The number of hydrogen-bond acceptors (Lipinski definition) is 4. The van der Waals surface area contributed by atoms with Crippen molar-refractivity contribution in [2.24, 2.45) is 5.92 Å². The van der Waals surface area contributed by atoms with Crippen molar-refractivity contribution in [1.82, 2.24) is 10.2 Å². The Labute approximate surface area is 195 Å². The van der Waals surface area contributed by atoms with E-state index in [1.165, 1.54) is 0 Å². The number of carbonyl (C=O) groups is 3. The molecule has 1 saturated heterocycles. The Balaban J connectivity index is 1.45. The maximum absolute atomic E-state index is 13.9. The minimum Gasteiger partial charge on any atom is -0.480 e. The maximum atomic E-state index is 13.9. The molecule has 1 aliphatic heterocycles. The van der Waals surface area contributed by atoms with Gasteiger partial charge in [-0.15, -0.1) is 0 Å². The monoisotopic (exact) mass is 472 g/mol. The molecule has 1 aliphatic carbocycles. The Morgan fingerprint density at radius 2 is 1.65 bits per heavy atom. The van der Waals surface area contributed by atoms with Crippen LogP contribution < -0.4 is 5.32 Å². The van der Waals surface area contributed by atoms with Gasteiger partial charge in [0.25, 0.3) is 5.92 Å². The fraction of sp³-hybridized carbons (Fsp3) is 0.400. The van der Waals surface area contributed by atoms with Gasteiger partial charge < -0.3 is 20.1 Å². The molecule has 2 aromatic carbocycles. The fourth-order valence-corrected chi connectivity index (χ4v) is 4.73. The van der Waals surface area contributed by atoms with Gasteiger partial charge in [0.1, 0.15) is 18.7 Å². The number of ether oxygens (including phenoxy) is 1. The van der Waals surface area contributed by atoms with Gasteiger partial charge >= 0.3 is 12.1 Å². The average molecular weight is 472 g/mol. The van der Waals surface area contributed by atoms with Crippen molar-refractivity contribution in [3.63, 3.8) is 0 Å². The van der Waals surface area contributed by atoms with Crippen LogP contribution in [0.1, 0.15) is 37.3 Å². The van der Waals surface area contributed by atoms with Crippen molar-refractivity contribution < 1.29 is 33.0 Å². The molecule has 1 unspecified atom stereocenters. The zero-order chi connectivity index (χ0) is 24.6. The first-order valence-corrected chi connectivity index (χ1v) is 11.1. The van der Waals surface area contributed by atoms with Crippen LogP contribution in [0.5, 0.6) is 0 Å². The number of benzene rings is 2. The predicted molar refractivity (Wildman–Crippen MR) is 120 cm³/mol. The Kier molecular flexibility index (Phi) is 6.29. The second kappa shape index (κ2) is 9.04. The molecule has 2 aliphatic rings. The maximum Gasteiger partial charge on any atom is 0.407 e. The number of nitrogens with zero attached hydrogens (tertiary/aromatic N) is 1. The number of fused-ring (bicyclic) bond motifs is 3. The Hall–Kier alpha value is -3.49. The third-order valence-electron chi connectivity index (χ3n) is 6.39. The van der Waals surface area contributed by atoms with Gasteiger partial charge in [-0.05, 0) is 28.2 Å². The normalized spacial score (nSPS) is 19.4. The van der Waals surface area contributed by atoms with Crippen molar-refractivity contribution in [3.05, 3.63) is 59.7 Å². The molecule has 2 N–H and O–H groups in total. The van der Waals surface area contributed by atoms with Gasteiger partial charge in [0.05, 0.1) is 6.54 Å². The SMILES string of the molecule is CC(C)[C@@H](NC(=O)OCC1c2ccccc2-c2ccccc21)C(=O)N1CC(F)(F)CC1C(=O)O. The first-order chi connectivity index (χ1) is 16.1. The molecule has 0 bridgehead atoms. The number of alkyl carbamates (subject to hydrolysis) is 1. The standard InChI is InChI=1S/C25H26F2N2O5/c1-14(2)21(22(30)29-13-25(26,27)11-20(29)23(31)32)28-24(33)34-12-19-17-9-5-3-7-15(17)16-8-4-6-10-18(16)19/h3-10,14,19-21H,11-13H2,1-2H3,(H,28,33)(H,31,32)/t20?,21-/m1/s1. The van der Waals surface area contributed by atoms with Crippen LogP contribution in [0.2, 0.25) is 0 Å². The average Bonchev–Trinajstić information content (AvgIpc) is 3.30. The summed E-state index contributed by atoms with van der Waals surface area (Å²) in [6, 6.07) is 12.8. The molecular weight excluding hydrogens is 446 g/mol. The van der Waals surface area contributed by atoms with E-state index in [0.717, 1.165) is 22.3 Å². The Morgan fingerprint density at radius 3 is 2.18 bits per heavy atom. The zero-order valence-electron chi connectivity index (χ0n) is 18.8. The van der Waals surface area contributed by atoms with E-state index in [1.807, 2.05) is 48.5 Å². The molecule has 7 nitrogen and oxygen atoms in total. The molecule has 0 spiro atoms. The van der Waals surface area contributed by atoms with Gasteiger partial charge in [-0.3, -0.25) is 4.79 Å². The number of carboxylic acids is 1. The molecule has 1 fully saturated rings. The minimum absolute atomic E-state index is 0.0262. The number of aliphatic carboxylic acids is 1. The van der Waals surface area contributed by atoms with E-state index in [4.69, 9.17) is 4.74 Å². The molecule has 180 valence electrons. The van der Waals surface area contributed by atoms with Crippen molar-refractivity contribution in [1.29, 1.82) is 0 Å². The number of halogens is 2. The number of rotatable bonds is 6. The highest BCUT2D eigenvalue weighted by molar-refractivity contribution is 5.90. The van der Waals surface area contributed by atoms with Crippen molar-refractivity contribution >= 4 is 18.0 Å². The van der Waals surface area contributed by atoms with Crippen LogP contribution in [0.3, 0.4) is 0 Å². The van der Waals surface area contributed by atoms with E-state index in [-0.39, 0.29) is 12.5 Å². The van der Waals surface area contributed by atoms with Crippen molar-refractivity contribution in [2.45, 2.75) is 44.2 Å². The molecule has 0 radical (unpaired) electrons. The highest BCUT2D eigenvalue weighted by Gasteiger charge is 2.51. The molecular formula is C25H26F2N2O5. The number of alkyl halides is 2. The quantitative estimate of drug-likeness (QED) is 0.666. The van der Waals surface area contributed by atoms with E-state index >= 15 is 0 Å². The van der Waals surface area contributed by atoms with Crippen molar-refractivity contribution in [2.75, 3.05) is 13.2 Å². The summed E-state index contributed by atoms with van der Waals surface area (Å²) in [5.74, 6) is -6.33. The number of hydrogen-bond donors (Lipinski definition) is 2. The minimum atomic E-state index is -3.30. The van der Waals surface area contributed by atoms with Gasteiger partial charge in [0.2, 0.25) is 5.91 Å². The van der Waals surface area contributed by atoms with Gasteiger partial charge in [0.15, 0.2) is 0 Å². The van der Waals surface area contributed by atoms with Gasteiger partial charge in [-0.1, -0.05) is 62.4 Å². The third-order valence-corrected chi connectivity index (χ3v) is 6.39. The van der Waals surface area contributed by atoms with Crippen LogP contribution in [-0.2, 0) is 14.3 Å². The first kappa shape index (κ1) is 23.7. The van der Waals surface area contributed by atoms with Gasteiger partial charge in [-0.2, -0.15) is 0 Å². The van der Waals surface area contributed by atoms with E-state index in [9.17, 15) is 28.3 Å². The van der Waals surface area contributed by atoms with E-state index in [1.54, 1.807) is 13.8 Å². The van der Waals surface area contributed by atoms with Gasteiger partial charge in [0, 0.05) is 12.3 Å². The fourth-order valence-electron chi connectivity index (χ4n) is 4.73. The van der Waals surface area contributed by atoms with Crippen LogP contribution in [0.15, 0.2) is 48.5 Å². The van der Waals surface area contributed by atoms with Gasteiger partial charge in [-0.25, -0.2) is 18.4 Å². The molecule has 34 heavy (non-hydrogen) atoms. The number of nitrogens with one attached hydrogen (secondary N) is 1. The summed E-state index contributed by atoms with van der Waals surface area (Å²) in [7, 11) is 0. The summed E-state index contributed by atoms with van der Waals surface area (Å²) in [5.41, 5.74) is 4.18. The van der Waals surface area contributed by atoms with E-state index in [0.29, 0.717) is 4.90 Å². The van der Waals surface area contributed by atoms with Crippen molar-refractivity contribution in [3.8, 4) is 11.1 Å². The Bertz CT molecular complexity index is 1070. The second-order valence-electron chi connectivity index (χ2n) is 9.07. The number of carboxylic acid groups (broad SMARTS) is 1. The van der Waals surface area contributed by atoms with E-state index in [2.05, 4.69) is 5.32 Å². The smallest absolute Gasteiger partial charge is 0.407 e. The number of amides is 2. The van der Waals surface area contributed by atoms with Crippen LogP contribution in [0.4, 0.5) is 13.6 Å². The predicted octanol–water partition coefficient (Wildman–Crippen LogP) is 3.87. The molecule has 2 atom stereocenters. The third kappa shape index (κ3) is 4.47. The molecule has 2 amide bonds. The summed E-state index contributed by atoms with van der Waals surface area (Å²) in [4.78, 5) is 37.7. The van der Waals surface area contributed by atoms with Crippen LogP contribution in [-0.4, -0.2) is 59.1 Å². The molecule has 0 aromatic heterocycles. The zero-order valence-corrected chi connectivity index (χ0v) is 18.8. The summed E-state index contributed by atoms with van der Waals surface area (Å²) >= 11 is 0.